The first-order valence-corrected chi connectivity index (χ1v) is 5.31. The highest BCUT2D eigenvalue weighted by molar-refractivity contribution is 6.04. The number of benzene rings is 1. The maximum atomic E-state index is 4.92. The molecule has 0 saturated carbocycles. The van der Waals surface area contributed by atoms with E-state index in [1.54, 1.807) is 7.11 Å². The van der Waals surface area contributed by atoms with Crippen LogP contribution in [0.5, 0.6) is 0 Å². The van der Waals surface area contributed by atoms with Crippen molar-refractivity contribution in [3.8, 4) is 0 Å². The van der Waals surface area contributed by atoms with Crippen molar-refractivity contribution in [2.75, 3.05) is 13.7 Å². The summed E-state index contributed by atoms with van der Waals surface area (Å²) in [4.78, 5) is 4.92. The normalized spacial score (nSPS) is 21.7. The van der Waals surface area contributed by atoms with Gasteiger partial charge >= 0.3 is 0 Å². The molecule has 0 spiro atoms. The van der Waals surface area contributed by atoms with Crippen molar-refractivity contribution < 1.29 is 4.84 Å². The Morgan fingerprint density at radius 3 is 2.80 bits per heavy atom. The molecule has 1 aromatic rings. The Labute approximate surface area is 90.1 Å². The van der Waals surface area contributed by atoms with E-state index in [0.717, 1.165) is 24.2 Å². The fourth-order valence-electron chi connectivity index (χ4n) is 1.94. The molecule has 0 amide bonds. The number of nitrogens with zero attached hydrogens (tertiary/aromatic N) is 1. The molecule has 3 heteroatoms. The van der Waals surface area contributed by atoms with Gasteiger partial charge in [0.25, 0.3) is 0 Å². The molecule has 1 fully saturated rings. The highest BCUT2D eigenvalue weighted by atomic mass is 16.6. The first-order valence-electron chi connectivity index (χ1n) is 5.31. The van der Waals surface area contributed by atoms with Crippen LogP contribution in [0.4, 0.5) is 0 Å². The molecule has 1 N–H and O–H groups in total. The largest absolute Gasteiger partial charge is 0.399 e. The number of oxime groups is 1. The number of rotatable bonds is 3. The van der Waals surface area contributed by atoms with Gasteiger partial charge in [0.15, 0.2) is 0 Å². The van der Waals surface area contributed by atoms with Crippen LogP contribution in [0.15, 0.2) is 35.5 Å². The van der Waals surface area contributed by atoms with E-state index in [-0.39, 0.29) is 0 Å². The van der Waals surface area contributed by atoms with Gasteiger partial charge in [-0.1, -0.05) is 35.5 Å². The summed E-state index contributed by atoms with van der Waals surface area (Å²) in [5.41, 5.74) is 2.15. The maximum absolute atomic E-state index is 4.92. The summed E-state index contributed by atoms with van der Waals surface area (Å²) in [5.74, 6) is 0. The topological polar surface area (TPSA) is 33.6 Å². The van der Waals surface area contributed by atoms with Gasteiger partial charge in [-0.25, -0.2) is 0 Å². The van der Waals surface area contributed by atoms with Gasteiger partial charge in [0.05, 0.1) is 6.04 Å². The lowest BCUT2D eigenvalue weighted by Gasteiger charge is -2.13. The first kappa shape index (κ1) is 10.2. The summed E-state index contributed by atoms with van der Waals surface area (Å²) in [7, 11) is 1.60. The summed E-state index contributed by atoms with van der Waals surface area (Å²) >= 11 is 0. The van der Waals surface area contributed by atoms with Crippen molar-refractivity contribution in [3.63, 3.8) is 0 Å². The van der Waals surface area contributed by atoms with Crippen LogP contribution in [0, 0.1) is 0 Å². The van der Waals surface area contributed by atoms with Crippen LogP contribution >= 0.6 is 0 Å². The highest BCUT2D eigenvalue weighted by Gasteiger charge is 2.21. The van der Waals surface area contributed by atoms with Crippen molar-refractivity contribution in [1.29, 1.82) is 0 Å². The fourth-order valence-corrected chi connectivity index (χ4v) is 1.94. The second kappa shape index (κ2) is 4.94. The van der Waals surface area contributed by atoms with Gasteiger partial charge in [0, 0.05) is 5.56 Å². The second-order valence-electron chi connectivity index (χ2n) is 3.67. The molecule has 1 aliphatic heterocycles. The van der Waals surface area contributed by atoms with Gasteiger partial charge in [-0.05, 0) is 19.4 Å². The summed E-state index contributed by atoms with van der Waals surface area (Å²) < 4.78 is 0. The lowest BCUT2D eigenvalue weighted by atomic mass is 10.0. The van der Waals surface area contributed by atoms with Gasteiger partial charge in [-0.2, -0.15) is 0 Å². The van der Waals surface area contributed by atoms with E-state index >= 15 is 0 Å². The van der Waals surface area contributed by atoms with Crippen LogP contribution in [0.3, 0.4) is 0 Å². The number of hydrogen-bond donors (Lipinski definition) is 1. The molecule has 80 valence electrons. The average Bonchev–Trinajstić information content (AvgIpc) is 2.80. The van der Waals surface area contributed by atoms with E-state index in [2.05, 4.69) is 22.6 Å². The number of hydrogen-bond acceptors (Lipinski definition) is 3. The smallest absolute Gasteiger partial charge is 0.106 e. The second-order valence-corrected chi connectivity index (χ2v) is 3.67. The third kappa shape index (κ3) is 2.36. The molecule has 1 saturated heterocycles. The SMILES string of the molecule is CO/N=C(\c1ccccc1)C1CCCN1. The molecular weight excluding hydrogens is 188 g/mol. The molecule has 1 aromatic carbocycles. The van der Waals surface area contributed by atoms with Gasteiger partial charge in [-0.15, -0.1) is 0 Å². The minimum Gasteiger partial charge on any atom is -0.399 e. The van der Waals surface area contributed by atoms with E-state index in [9.17, 15) is 0 Å². The summed E-state index contributed by atoms with van der Waals surface area (Å²) in [6.45, 7) is 1.07. The van der Waals surface area contributed by atoms with Crippen LogP contribution in [0.25, 0.3) is 0 Å². The summed E-state index contributed by atoms with van der Waals surface area (Å²) in [6, 6.07) is 10.5. The molecule has 1 atom stereocenters. The highest BCUT2D eigenvalue weighted by Crippen LogP contribution is 2.13. The van der Waals surface area contributed by atoms with Crippen molar-refractivity contribution in [1.82, 2.24) is 5.32 Å². The summed E-state index contributed by atoms with van der Waals surface area (Å²) in [6.07, 6.45) is 2.34. The van der Waals surface area contributed by atoms with Crippen LogP contribution < -0.4 is 5.32 Å². The average molecular weight is 204 g/mol. The van der Waals surface area contributed by atoms with Crippen LogP contribution in [-0.4, -0.2) is 25.4 Å². The molecule has 1 heterocycles. The maximum Gasteiger partial charge on any atom is 0.106 e. The molecule has 0 bridgehead atoms. The van der Waals surface area contributed by atoms with E-state index in [1.807, 2.05) is 18.2 Å². The monoisotopic (exact) mass is 204 g/mol. The quantitative estimate of drug-likeness (QED) is 0.601. The van der Waals surface area contributed by atoms with E-state index < -0.39 is 0 Å². The zero-order valence-corrected chi connectivity index (χ0v) is 8.94. The standard InChI is InChI=1S/C12H16N2O/c1-15-14-12(11-8-5-9-13-11)10-6-3-2-4-7-10/h2-4,6-7,11,13H,5,8-9H2,1H3/b14-12+. The Kier molecular flexibility index (Phi) is 3.35. The Hall–Kier alpha value is -1.35. The lowest BCUT2D eigenvalue weighted by Crippen LogP contribution is -2.31. The van der Waals surface area contributed by atoms with Crippen molar-refractivity contribution in [3.05, 3.63) is 35.9 Å². The van der Waals surface area contributed by atoms with E-state index in [1.165, 1.54) is 6.42 Å². The Bertz CT molecular complexity index is 329. The van der Waals surface area contributed by atoms with Crippen molar-refractivity contribution in [2.24, 2.45) is 5.16 Å². The minimum absolute atomic E-state index is 0.340. The van der Waals surface area contributed by atoms with Crippen molar-refractivity contribution in [2.45, 2.75) is 18.9 Å². The predicted molar refractivity (Wildman–Crippen MR) is 61.0 cm³/mol. The van der Waals surface area contributed by atoms with Gasteiger partial charge in [0.1, 0.15) is 12.8 Å². The van der Waals surface area contributed by atoms with Gasteiger partial charge in [-0.3, -0.25) is 0 Å². The van der Waals surface area contributed by atoms with Gasteiger partial charge < -0.3 is 10.2 Å². The molecular formula is C12H16N2O. The number of nitrogens with one attached hydrogen (secondary N) is 1. The minimum atomic E-state index is 0.340. The molecule has 2 rings (SSSR count). The third-order valence-corrected chi connectivity index (χ3v) is 2.65. The van der Waals surface area contributed by atoms with Crippen LogP contribution in [-0.2, 0) is 4.84 Å². The van der Waals surface area contributed by atoms with E-state index in [4.69, 9.17) is 4.84 Å². The van der Waals surface area contributed by atoms with Crippen LogP contribution in [0.2, 0.25) is 0 Å². The van der Waals surface area contributed by atoms with Crippen molar-refractivity contribution >= 4 is 5.71 Å². The molecule has 0 radical (unpaired) electrons. The Morgan fingerprint density at radius 1 is 1.40 bits per heavy atom. The zero-order chi connectivity index (χ0) is 10.5. The van der Waals surface area contributed by atoms with E-state index in [0.29, 0.717) is 6.04 Å². The third-order valence-electron chi connectivity index (χ3n) is 2.65. The molecule has 1 aliphatic rings. The molecule has 0 aromatic heterocycles. The predicted octanol–water partition coefficient (Wildman–Crippen LogP) is 1.79. The molecule has 15 heavy (non-hydrogen) atoms. The lowest BCUT2D eigenvalue weighted by molar-refractivity contribution is 0.212. The zero-order valence-electron chi connectivity index (χ0n) is 8.94. The Balaban J connectivity index is 2.23. The summed E-state index contributed by atoms with van der Waals surface area (Å²) in [5, 5.41) is 7.56. The van der Waals surface area contributed by atoms with Gasteiger partial charge in [0.2, 0.25) is 0 Å². The molecule has 3 nitrogen and oxygen atoms in total. The molecule has 0 aliphatic carbocycles. The fraction of sp³-hybridized carbons (Fsp3) is 0.417. The Morgan fingerprint density at radius 2 is 2.20 bits per heavy atom. The first-order chi connectivity index (χ1) is 7.42. The molecule has 1 unspecified atom stereocenters. The van der Waals surface area contributed by atoms with Crippen LogP contribution in [0.1, 0.15) is 18.4 Å².